The van der Waals surface area contributed by atoms with Crippen molar-refractivity contribution < 1.29 is 4.84 Å². The summed E-state index contributed by atoms with van der Waals surface area (Å²) in [7, 11) is 0. The highest BCUT2D eigenvalue weighted by molar-refractivity contribution is 5.97. The van der Waals surface area contributed by atoms with Gasteiger partial charge in [0.2, 0.25) is 0 Å². The zero-order chi connectivity index (χ0) is 12.3. The Morgan fingerprint density at radius 1 is 1.29 bits per heavy atom. The van der Waals surface area contributed by atoms with Crippen molar-refractivity contribution in [2.75, 3.05) is 0 Å². The van der Waals surface area contributed by atoms with Gasteiger partial charge in [0.1, 0.15) is 12.7 Å². The molecule has 0 saturated carbocycles. The monoisotopic (exact) mass is 230 g/mol. The summed E-state index contributed by atoms with van der Waals surface area (Å²) in [6, 6.07) is 11.9. The molecule has 0 atom stereocenters. The van der Waals surface area contributed by atoms with Crippen molar-refractivity contribution >= 4 is 5.71 Å². The topological polar surface area (TPSA) is 45.4 Å². The van der Waals surface area contributed by atoms with E-state index in [9.17, 15) is 0 Å². The minimum Gasteiger partial charge on any atom is -0.390 e. The molecule has 0 aliphatic carbocycles. The van der Waals surface area contributed by atoms with Crippen molar-refractivity contribution in [3.63, 3.8) is 0 Å². The Morgan fingerprint density at radius 3 is 2.71 bits per heavy atom. The van der Waals surface area contributed by atoms with Crippen molar-refractivity contribution in [3.05, 3.63) is 35.9 Å². The van der Waals surface area contributed by atoms with Gasteiger partial charge in [0.25, 0.3) is 0 Å². The third-order valence-electron chi connectivity index (χ3n) is 2.39. The molecule has 0 aliphatic rings. The molecule has 0 aromatic heterocycles. The van der Waals surface area contributed by atoms with Crippen LogP contribution >= 0.6 is 0 Å². The number of hydrogen-bond acceptors (Lipinski definition) is 3. The Kier molecular flexibility index (Phi) is 6.50. The van der Waals surface area contributed by atoms with Crippen LogP contribution in [0.5, 0.6) is 0 Å². The zero-order valence-electron chi connectivity index (χ0n) is 10.2. The summed E-state index contributed by atoms with van der Waals surface area (Å²) in [5.41, 5.74) is 1.54. The van der Waals surface area contributed by atoms with Gasteiger partial charge >= 0.3 is 0 Å². The van der Waals surface area contributed by atoms with Crippen LogP contribution in [0.15, 0.2) is 35.5 Å². The van der Waals surface area contributed by atoms with Gasteiger partial charge < -0.3 is 4.84 Å². The molecule has 0 radical (unpaired) electrons. The highest BCUT2D eigenvalue weighted by Gasteiger charge is 1.98. The largest absolute Gasteiger partial charge is 0.390 e. The predicted molar refractivity (Wildman–Crippen MR) is 68.4 cm³/mol. The van der Waals surface area contributed by atoms with Crippen molar-refractivity contribution in [1.82, 2.24) is 0 Å². The molecule has 1 aromatic rings. The molecule has 0 bridgehead atoms. The first-order valence-electron chi connectivity index (χ1n) is 5.99. The van der Waals surface area contributed by atoms with E-state index >= 15 is 0 Å². The Bertz CT molecular complexity index is 379. The molecule has 0 amide bonds. The average molecular weight is 230 g/mol. The zero-order valence-corrected chi connectivity index (χ0v) is 10.2. The molecule has 1 rings (SSSR count). The summed E-state index contributed by atoms with van der Waals surface area (Å²) in [5, 5.41) is 12.7. The van der Waals surface area contributed by atoms with Crippen LogP contribution in [-0.4, -0.2) is 5.71 Å². The third-order valence-corrected chi connectivity index (χ3v) is 2.39. The van der Waals surface area contributed by atoms with E-state index < -0.39 is 0 Å². The van der Waals surface area contributed by atoms with E-state index in [1.807, 2.05) is 30.3 Å². The lowest BCUT2D eigenvalue weighted by Gasteiger charge is -2.00. The van der Waals surface area contributed by atoms with E-state index in [1.54, 1.807) is 0 Å². The van der Waals surface area contributed by atoms with Gasteiger partial charge in [-0.1, -0.05) is 55.3 Å². The minimum atomic E-state index is 0.416. The molecule has 0 fully saturated rings. The maximum atomic E-state index is 8.86. The first-order chi connectivity index (χ1) is 8.36. The summed E-state index contributed by atoms with van der Waals surface area (Å²) in [4.78, 5) is 5.17. The molecule has 0 heterocycles. The van der Waals surface area contributed by atoms with Gasteiger partial charge in [-0.3, -0.25) is 0 Å². The van der Waals surface area contributed by atoms with Gasteiger partial charge in [-0.15, -0.1) is 0 Å². The summed E-state index contributed by atoms with van der Waals surface area (Å²) in [6.07, 6.45) is 3.97. The second-order valence-electron chi connectivity index (χ2n) is 3.87. The third kappa shape index (κ3) is 5.72. The summed E-state index contributed by atoms with van der Waals surface area (Å²) >= 11 is 0. The second kappa shape index (κ2) is 8.35. The molecule has 1 aromatic carbocycles. The first kappa shape index (κ1) is 13.2. The fraction of sp³-hybridized carbons (Fsp3) is 0.429. The van der Waals surface area contributed by atoms with E-state index in [0.29, 0.717) is 18.7 Å². The molecule has 3 heteroatoms. The van der Waals surface area contributed by atoms with Crippen LogP contribution in [0.2, 0.25) is 0 Å². The van der Waals surface area contributed by atoms with Gasteiger partial charge in [-0.05, 0) is 12.0 Å². The van der Waals surface area contributed by atoms with E-state index in [2.05, 4.69) is 18.1 Å². The predicted octanol–water partition coefficient (Wildman–Crippen LogP) is 3.66. The lowest BCUT2D eigenvalue weighted by Crippen LogP contribution is -1.96. The minimum absolute atomic E-state index is 0.416. The molecule has 0 saturated heterocycles. The number of rotatable bonds is 7. The first-order valence-corrected chi connectivity index (χ1v) is 5.99. The lowest BCUT2D eigenvalue weighted by molar-refractivity contribution is 0.130. The molecule has 0 unspecified atom stereocenters. The van der Waals surface area contributed by atoms with Gasteiger partial charge in [-0.25, -0.2) is 0 Å². The number of hydrogen-bond donors (Lipinski definition) is 0. The van der Waals surface area contributed by atoms with Crippen LogP contribution in [0.3, 0.4) is 0 Å². The Labute approximate surface area is 103 Å². The molecule has 0 spiro atoms. The number of unbranched alkanes of at least 4 members (excludes halogenated alkanes) is 2. The van der Waals surface area contributed by atoms with E-state index in [0.717, 1.165) is 24.8 Å². The highest BCUT2D eigenvalue weighted by Crippen LogP contribution is 2.03. The SMILES string of the molecule is CCCCC/C(C#N)=N/OCc1ccccc1. The molecule has 0 aliphatic heterocycles. The number of nitriles is 1. The fourth-order valence-corrected chi connectivity index (χ4v) is 1.42. The number of oxime groups is 1. The lowest BCUT2D eigenvalue weighted by atomic mass is 10.1. The summed E-state index contributed by atoms with van der Waals surface area (Å²) in [6.45, 7) is 2.55. The van der Waals surface area contributed by atoms with Crippen LogP contribution < -0.4 is 0 Å². The Balaban J connectivity index is 2.33. The Morgan fingerprint density at radius 2 is 2.06 bits per heavy atom. The standard InChI is InChI=1S/C14H18N2O/c1-2-3-5-10-14(11-15)16-17-12-13-8-6-4-7-9-13/h4,6-9H,2-3,5,10,12H2,1H3/b16-14-. The van der Waals surface area contributed by atoms with Gasteiger partial charge in [0, 0.05) is 6.42 Å². The van der Waals surface area contributed by atoms with Crippen molar-refractivity contribution in [2.24, 2.45) is 5.16 Å². The smallest absolute Gasteiger partial charge is 0.156 e. The summed E-state index contributed by atoms with van der Waals surface area (Å²) < 4.78 is 0. The molecular formula is C14H18N2O. The van der Waals surface area contributed by atoms with Crippen LogP contribution in [-0.2, 0) is 11.4 Å². The van der Waals surface area contributed by atoms with Crippen LogP contribution in [0.1, 0.15) is 38.2 Å². The van der Waals surface area contributed by atoms with Crippen LogP contribution in [0, 0.1) is 11.3 Å². The molecular weight excluding hydrogens is 212 g/mol. The number of benzene rings is 1. The maximum Gasteiger partial charge on any atom is 0.156 e. The fourth-order valence-electron chi connectivity index (χ4n) is 1.42. The second-order valence-corrected chi connectivity index (χ2v) is 3.87. The average Bonchev–Trinajstić information content (AvgIpc) is 2.38. The van der Waals surface area contributed by atoms with Crippen molar-refractivity contribution in [1.29, 1.82) is 5.26 Å². The highest BCUT2D eigenvalue weighted by atomic mass is 16.6. The van der Waals surface area contributed by atoms with Crippen molar-refractivity contribution in [3.8, 4) is 6.07 Å². The van der Waals surface area contributed by atoms with Crippen LogP contribution in [0.25, 0.3) is 0 Å². The molecule has 3 nitrogen and oxygen atoms in total. The van der Waals surface area contributed by atoms with Gasteiger partial charge in [0.15, 0.2) is 5.71 Å². The van der Waals surface area contributed by atoms with Crippen molar-refractivity contribution in [2.45, 2.75) is 39.2 Å². The Hall–Kier alpha value is -1.82. The molecule has 17 heavy (non-hydrogen) atoms. The van der Waals surface area contributed by atoms with E-state index in [1.165, 1.54) is 0 Å². The maximum absolute atomic E-state index is 8.86. The molecule has 0 N–H and O–H groups in total. The normalized spacial score (nSPS) is 10.9. The van der Waals surface area contributed by atoms with Gasteiger partial charge in [0.05, 0.1) is 0 Å². The summed E-state index contributed by atoms with van der Waals surface area (Å²) in [5.74, 6) is 0. The quantitative estimate of drug-likeness (QED) is 0.407. The van der Waals surface area contributed by atoms with Crippen LogP contribution in [0.4, 0.5) is 0 Å². The number of nitrogens with zero attached hydrogens (tertiary/aromatic N) is 2. The molecule has 90 valence electrons. The van der Waals surface area contributed by atoms with Gasteiger partial charge in [-0.2, -0.15) is 5.26 Å². The van der Waals surface area contributed by atoms with E-state index in [4.69, 9.17) is 10.1 Å². The van der Waals surface area contributed by atoms with E-state index in [-0.39, 0.29) is 0 Å².